The lowest BCUT2D eigenvalue weighted by Crippen LogP contribution is -2.18. The molecule has 100 valence electrons. The first-order valence-corrected chi connectivity index (χ1v) is 6.87. The van der Waals surface area contributed by atoms with Crippen molar-refractivity contribution >= 4 is 0 Å². The summed E-state index contributed by atoms with van der Waals surface area (Å²) >= 11 is 0. The molecule has 0 saturated heterocycles. The van der Waals surface area contributed by atoms with Gasteiger partial charge in [0.25, 0.3) is 0 Å². The second-order valence-corrected chi connectivity index (χ2v) is 4.76. The molecule has 0 heterocycles. The van der Waals surface area contributed by atoms with Crippen molar-refractivity contribution in [2.45, 2.75) is 19.3 Å². The van der Waals surface area contributed by atoms with E-state index >= 15 is 0 Å². The molecule has 0 aliphatic rings. The summed E-state index contributed by atoms with van der Waals surface area (Å²) in [7, 11) is 0. The Morgan fingerprint density at radius 1 is 0.737 bits per heavy atom. The standard InChI is InChI=1S/C17H21NO/c19-17-10-8-16(9-11-17)7-4-13-18-14-12-15-5-2-1-3-6-15/h1-3,5-6,8-11,18-19H,4,7,12-14H2. The van der Waals surface area contributed by atoms with E-state index in [4.69, 9.17) is 0 Å². The Morgan fingerprint density at radius 2 is 1.42 bits per heavy atom. The third-order valence-corrected chi connectivity index (χ3v) is 3.19. The quantitative estimate of drug-likeness (QED) is 0.745. The van der Waals surface area contributed by atoms with Crippen molar-refractivity contribution in [2.24, 2.45) is 0 Å². The van der Waals surface area contributed by atoms with Crippen LogP contribution in [0.2, 0.25) is 0 Å². The summed E-state index contributed by atoms with van der Waals surface area (Å²) in [5, 5.41) is 12.7. The van der Waals surface area contributed by atoms with E-state index in [9.17, 15) is 5.11 Å². The van der Waals surface area contributed by atoms with Gasteiger partial charge in [-0.3, -0.25) is 0 Å². The molecule has 0 aliphatic heterocycles. The van der Waals surface area contributed by atoms with Crippen molar-refractivity contribution in [3.63, 3.8) is 0 Å². The molecule has 0 saturated carbocycles. The van der Waals surface area contributed by atoms with Crippen LogP contribution in [0.3, 0.4) is 0 Å². The molecule has 0 amide bonds. The van der Waals surface area contributed by atoms with E-state index in [0.717, 1.165) is 32.4 Å². The molecule has 2 heteroatoms. The summed E-state index contributed by atoms with van der Waals surface area (Å²) in [6.07, 6.45) is 3.26. The summed E-state index contributed by atoms with van der Waals surface area (Å²) < 4.78 is 0. The molecule has 0 unspecified atom stereocenters. The van der Waals surface area contributed by atoms with Crippen LogP contribution in [0.15, 0.2) is 54.6 Å². The Labute approximate surface area is 115 Å². The number of aromatic hydroxyl groups is 1. The van der Waals surface area contributed by atoms with Gasteiger partial charge >= 0.3 is 0 Å². The average molecular weight is 255 g/mol. The van der Waals surface area contributed by atoms with Crippen molar-refractivity contribution in [1.82, 2.24) is 5.32 Å². The van der Waals surface area contributed by atoms with Crippen LogP contribution in [-0.4, -0.2) is 18.2 Å². The van der Waals surface area contributed by atoms with Crippen LogP contribution in [-0.2, 0) is 12.8 Å². The maximum absolute atomic E-state index is 9.19. The number of aryl methyl sites for hydroxylation is 1. The van der Waals surface area contributed by atoms with E-state index in [0.29, 0.717) is 5.75 Å². The molecule has 2 nitrogen and oxygen atoms in total. The molecule has 2 rings (SSSR count). The molecule has 0 aliphatic carbocycles. The smallest absolute Gasteiger partial charge is 0.115 e. The molecular weight excluding hydrogens is 234 g/mol. The van der Waals surface area contributed by atoms with Crippen LogP contribution in [0.4, 0.5) is 0 Å². The van der Waals surface area contributed by atoms with E-state index < -0.39 is 0 Å². The average Bonchev–Trinajstić information content (AvgIpc) is 2.46. The van der Waals surface area contributed by atoms with Crippen LogP contribution in [0, 0.1) is 0 Å². The SMILES string of the molecule is Oc1ccc(CCCNCCc2ccccc2)cc1. The Balaban J connectivity index is 1.56. The van der Waals surface area contributed by atoms with Crippen LogP contribution < -0.4 is 5.32 Å². The largest absolute Gasteiger partial charge is 0.508 e. The minimum absolute atomic E-state index is 0.338. The van der Waals surface area contributed by atoms with E-state index in [2.05, 4.69) is 35.6 Å². The maximum Gasteiger partial charge on any atom is 0.115 e. The van der Waals surface area contributed by atoms with E-state index in [1.165, 1.54) is 11.1 Å². The van der Waals surface area contributed by atoms with Crippen LogP contribution in [0.5, 0.6) is 5.75 Å². The molecular formula is C17H21NO. The Kier molecular flexibility index (Phi) is 5.45. The predicted molar refractivity (Wildman–Crippen MR) is 79.4 cm³/mol. The minimum atomic E-state index is 0.338. The van der Waals surface area contributed by atoms with Gasteiger partial charge in [0.05, 0.1) is 0 Å². The van der Waals surface area contributed by atoms with Gasteiger partial charge in [0.1, 0.15) is 5.75 Å². The molecule has 2 aromatic carbocycles. The Bertz CT molecular complexity index is 464. The number of rotatable bonds is 7. The molecule has 2 N–H and O–H groups in total. The Morgan fingerprint density at radius 3 is 2.16 bits per heavy atom. The van der Waals surface area contributed by atoms with Crippen molar-refractivity contribution in [3.8, 4) is 5.75 Å². The third kappa shape index (κ3) is 5.14. The van der Waals surface area contributed by atoms with Gasteiger partial charge in [-0.1, -0.05) is 42.5 Å². The van der Waals surface area contributed by atoms with Gasteiger partial charge in [-0.15, -0.1) is 0 Å². The first-order chi connectivity index (χ1) is 9.34. The van der Waals surface area contributed by atoms with Gasteiger partial charge in [0.15, 0.2) is 0 Å². The van der Waals surface area contributed by atoms with Crippen LogP contribution in [0.25, 0.3) is 0 Å². The van der Waals surface area contributed by atoms with Gasteiger partial charge in [0, 0.05) is 0 Å². The molecule has 0 atom stereocenters. The number of phenolic OH excluding ortho intramolecular Hbond substituents is 1. The zero-order chi connectivity index (χ0) is 13.3. The molecule has 0 fully saturated rings. The fourth-order valence-corrected chi connectivity index (χ4v) is 2.08. The lowest BCUT2D eigenvalue weighted by molar-refractivity contribution is 0.475. The number of nitrogens with one attached hydrogen (secondary N) is 1. The highest BCUT2D eigenvalue weighted by Crippen LogP contribution is 2.10. The Hall–Kier alpha value is -1.80. The van der Waals surface area contributed by atoms with Crippen molar-refractivity contribution in [1.29, 1.82) is 0 Å². The summed E-state index contributed by atoms with van der Waals surface area (Å²) in [4.78, 5) is 0. The minimum Gasteiger partial charge on any atom is -0.508 e. The molecule has 0 spiro atoms. The number of hydrogen-bond acceptors (Lipinski definition) is 2. The van der Waals surface area contributed by atoms with Crippen LogP contribution in [0.1, 0.15) is 17.5 Å². The number of phenols is 1. The topological polar surface area (TPSA) is 32.3 Å². The van der Waals surface area contributed by atoms with Gasteiger partial charge in [-0.25, -0.2) is 0 Å². The maximum atomic E-state index is 9.19. The van der Waals surface area contributed by atoms with Crippen molar-refractivity contribution < 1.29 is 5.11 Å². The molecule has 0 aromatic heterocycles. The van der Waals surface area contributed by atoms with E-state index in [-0.39, 0.29) is 0 Å². The monoisotopic (exact) mass is 255 g/mol. The lowest BCUT2D eigenvalue weighted by Gasteiger charge is -2.05. The second-order valence-electron chi connectivity index (χ2n) is 4.76. The fourth-order valence-electron chi connectivity index (χ4n) is 2.08. The summed E-state index contributed by atoms with van der Waals surface area (Å²) in [6.45, 7) is 2.06. The molecule has 2 aromatic rings. The zero-order valence-corrected chi connectivity index (χ0v) is 11.2. The second kappa shape index (κ2) is 7.59. The molecule has 19 heavy (non-hydrogen) atoms. The van der Waals surface area contributed by atoms with E-state index in [1.807, 2.05) is 12.1 Å². The molecule has 0 bridgehead atoms. The summed E-state index contributed by atoms with van der Waals surface area (Å²) in [5.74, 6) is 0.338. The van der Waals surface area contributed by atoms with Gasteiger partial charge in [-0.05, 0) is 55.6 Å². The first-order valence-electron chi connectivity index (χ1n) is 6.87. The number of hydrogen-bond donors (Lipinski definition) is 2. The van der Waals surface area contributed by atoms with Gasteiger partial charge < -0.3 is 10.4 Å². The van der Waals surface area contributed by atoms with Crippen molar-refractivity contribution in [2.75, 3.05) is 13.1 Å². The van der Waals surface area contributed by atoms with Crippen molar-refractivity contribution in [3.05, 3.63) is 65.7 Å². The number of benzene rings is 2. The normalized spacial score (nSPS) is 10.5. The highest BCUT2D eigenvalue weighted by Gasteiger charge is 1.95. The highest BCUT2D eigenvalue weighted by atomic mass is 16.3. The summed E-state index contributed by atoms with van der Waals surface area (Å²) in [6, 6.07) is 18.0. The van der Waals surface area contributed by atoms with Gasteiger partial charge in [0.2, 0.25) is 0 Å². The first kappa shape index (κ1) is 13.6. The van der Waals surface area contributed by atoms with Crippen LogP contribution >= 0.6 is 0 Å². The third-order valence-electron chi connectivity index (χ3n) is 3.19. The fraction of sp³-hybridized carbons (Fsp3) is 0.294. The molecule has 0 radical (unpaired) electrons. The highest BCUT2D eigenvalue weighted by molar-refractivity contribution is 5.25. The summed E-state index contributed by atoms with van der Waals surface area (Å²) in [5.41, 5.74) is 2.66. The van der Waals surface area contributed by atoms with E-state index in [1.54, 1.807) is 12.1 Å². The lowest BCUT2D eigenvalue weighted by atomic mass is 10.1. The van der Waals surface area contributed by atoms with Gasteiger partial charge in [-0.2, -0.15) is 0 Å². The zero-order valence-electron chi connectivity index (χ0n) is 11.2. The predicted octanol–water partition coefficient (Wildman–Crippen LogP) is 3.16.